The summed E-state index contributed by atoms with van der Waals surface area (Å²) in [7, 11) is 1.80. The lowest BCUT2D eigenvalue weighted by atomic mass is 9.95. The van der Waals surface area contributed by atoms with E-state index in [9.17, 15) is 24.0 Å². The number of carbonyl (C=O) groups excluding carboxylic acids is 5. The van der Waals surface area contributed by atoms with Gasteiger partial charge in [0.15, 0.2) is 11.5 Å². The maximum atomic E-state index is 15.7. The van der Waals surface area contributed by atoms with E-state index in [2.05, 4.69) is 50.8 Å². The molecule has 5 fully saturated rings. The smallest absolute Gasteiger partial charge is 0.320 e. The van der Waals surface area contributed by atoms with Gasteiger partial charge >= 0.3 is 6.03 Å². The summed E-state index contributed by atoms with van der Waals surface area (Å²) >= 11 is 0. The number of anilines is 5. The Morgan fingerprint density at radius 1 is 0.900 bits per heavy atom. The number of nitrogens with one attached hydrogen (secondary N) is 3. The van der Waals surface area contributed by atoms with Crippen molar-refractivity contribution in [2.75, 3.05) is 99.1 Å². The van der Waals surface area contributed by atoms with Gasteiger partial charge in [-0.15, -0.1) is 10.2 Å². The van der Waals surface area contributed by atoms with E-state index in [0.717, 1.165) is 64.1 Å². The molecule has 318 valence electrons. The molecule has 5 aliphatic rings. The van der Waals surface area contributed by atoms with Crippen molar-refractivity contribution < 1.29 is 28.4 Å². The molecular formula is C40H51FN14O5. The highest BCUT2D eigenvalue weighted by molar-refractivity contribution is 6.03. The highest BCUT2D eigenvalue weighted by atomic mass is 19.1. The van der Waals surface area contributed by atoms with Gasteiger partial charge in [0.2, 0.25) is 17.8 Å². The molecule has 7 heterocycles. The van der Waals surface area contributed by atoms with Gasteiger partial charge in [-0.3, -0.25) is 29.4 Å². The molecule has 0 bridgehead atoms. The third-order valence-corrected chi connectivity index (χ3v) is 12.2. The van der Waals surface area contributed by atoms with Crippen molar-refractivity contribution in [1.82, 2.24) is 45.5 Å². The molecular weight excluding hydrogens is 776 g/mol. The van der Waals surface area contributed by atoms with E-state index < -0.39 is 29.6 Å². The second-order valence-electron chi connectivity index (χ2n) is 16.2. The second kappa shape index (κ2) is 17.6. The molecule has 0 saturated carbocycles. The number of hydrogen-bond donors (Lipinski definition) is 4. The summed E-state index contributed by atoms with van der Waals surface area (Å²) in [6.07, 6.45) is 5.86. The summed E-state index contributed by atoms with van der Waals surface area (Å²) in [4.78, 5) is 82.3. The Morgan fingerprint density at radius 2 is 1.70 bits per heavy atom. The van der Waals surface area contributed by atoms with Gasteiger partial charge in [-0.05, 0) is 68.4 Å². The fourth-order valence-corrected chi connectivity index (χ4v) is 8.76. The highest BCUT2D eigenvalue weighted by Crippen LogP contribution is 2.29. The number of piperidine rings is 3. The van der Waals surface area contributed by atoms with E-state index in [1.165, 1.54) is 6.07 Å². The number of hydrogen-bond acceptors (Lipinski definition) is 14. The average molecular weight is 827 g/mol. The summed E-state index contributed by atoms with van der Waals surface area (Å²) in [5.74, 6) is -1.60. The molecule has 3 aromatic rings. The number of primary amides is 1. The molecule has 60 heavy (non-hydrogen) atoms. The Kier molecular flexibility index (Phi) is 11.9. The molecule has 2 aromatic heterocycles. The van der Waals surface area contributed by atoms with Crippen LogP contribution in [0, 0.1) is 11.7 Å². The number of pyridine rings is 1. The van der Waals surface area contributed by atoms with E-state index >= 15 is 4.39 Å². The number of likely N-dealkylation sites (N-methyl/N-ethyl adjacent to an activating group) is 1. The molecule has 20 heteroatoms. The van der Waals surface area contributed by atoms with Crippen molar-refractivity contribution in [3.8, 4) is 0 Å². The molecule has 0 aliphatic carbocycles. The van der Waals surface area contributed by atoms with Crippen LogP contribution >= 0.6 is 0 Å². The highest BCUT2D eigenvalue weighted by Gasteiger charge is 2.35. The third kappa shape index (κ3) is 9.02. The van der Waals surface area contributed by atoms with Gasteiger partial charge in [0.25, 0.3) is 11.8 Å². The van der Waals surface area contributed by atoms with Crippen LogP contribution in [0.3, 0.4) is 0 Å². The first-order chi connectivity index (χ1) is 29.0. The number of carbonyl (C=O) groups is 5. The number of amides is 6. The minimum Gasteiger partial charge on any atom is -0.370 e. The van der Waals surface area contributed by atoms with Crippen LogP contribution in [0.15, 0.2) is 36.5 Å². The first kappa shape index (κ1) is 40.6. The number of aromatic nitrogens is 4. The predicted molar refractivity (Wildman–Crippen MR) is 219 cm³/mol. The molecule has 8 rings (SSSR count). The number of benzene rings is 1. The zero-order valence-corrected chi connectivity index (χ0v) is 33.7. The topological polar surface area (TPSA) is 218 Å². The fraction of sp³-hybridized carbons (Fsp3) is 0.525. The standard InChI is InChI=1S/C40H51FN14O5/c1-50-15-20-55(40(50)60)28-3-2-12-54(24-28)39-47-36(34(35(42)57)48-49-39)44-26-4-8-32(29(41)21-26)53-18-16-51(17-19-53)23-25-10-13-52(14-11-25)27-5-6-30(43-22-27)37(58)45-31-7-9-33(56)46-38(31)59/h4-6,8,21-22,25,28,31H,2-3,7,9-20,23-24H2,1H3,(H2,42,57)(H,45,58)(H,44,47,49)(H,46,56,59)/t28-,31?/m1/s1. The number of piperazine rings is 1. The van der Waals surface area contributed by atoms with Crippen LogP contribution in [0.5, 0.6) is 0 Å². The Labute approximate surface area is 346 Å². The van der Waals surface area contributed by atoms with Gasteiger partial charge in [-0.25, -0.2) is 14.2 Å². The Hall–Kier alpha value is -6.18. The van der Waals surface area contributed by atoms with Crippen LogP contribution < -0.4 is 36.4 Å². The summed E-state index contributed by atoms with van der Waals surface area (Å²) in [6.45, 7) is 8.22. The Morgan fingerprint density at radius 3 is 2.38 bits per heavy atom. The molecule has 0 radical (unpaired) electrons. The molecule has 5 N–H and O–H groups in total. The first-order valence-electron chi connectivity index (χ1n) is 20.7. The van der Waals surface area contributed by atoms with Gasteiger partial charge < -0.3 is 40.9 Å². The molecule has 5 saturated heterocycles. The average Bonchev–Trinajstić information content (AvgIpc) is 3.59. The third-order valence-electron chi connectivity index (χ3n) is 12.2. The van der Waals surface area contributed by atoms with Crippen molar-refractivity contribution in [2.45, 2.75) is 50.6 Å². The zero-order valence-electron chi connectivity index (χ0n) is 33.7. The maximum absolute atomic E-state index is 15.7. The number of nitrogens with two attached hydrogens (primary N) is 1. The lowest BCUT2D eigenvalue weighted by molar-refractivity contribution is -0.134. The number of halogens is 1. The Bertz CT molecular complexity index is 2110. The molecule has 19 nitrogen and oxygen atoms in total. The van der Waals surface area contributed by atoms with Crippen molar-refractivity contribution in [3.05, 3.63) is 53.7 Å². The summed E-state index contributed by atoms with van der Waals surface area (Å²) in [5, 5.41) is 16.2. The molecule has 0 spiro atoms. The van der Waals surface area contributed by atoms with E-state index in [4.69, 9.17) is 5.73 Å². The monoisotopic (exact) mass is 826 g/mol. The van der Waals surface area contributed by atoms with Crippen molar-refractivity contribution >= 4 is 58.5 Å². The largest absolute Gasteiger partial charge is 0.370 e. The summed E-state index contributed by atoms with van der Waals surface area (Å²) in [6, 6.07) is 7.65. The number of rotatable bonds is 11. The van der Waals surface area contributed by atoms with Crippen LogP contribution in [-0.4, -0.2) is 156 Å². The first-order valence-corrected chi connectivity index (χ1v) is 20.7. The minimum absolute atomic E-state index is 0.00400. The molecule has 2 atom stereocenters. The SMILES string of the molecule is CN1CCN([C@@H]2CCCN(c3nnc(C(N)=O)c(Nc4ccc(N5CCN(CC6CCN(c7ccc(C(=O)NC8CCC(=O)NC8=O)nc7)CC6)CC5)c(F)c4)n3)C2)C1=O. The quantitative estimate of drug-likeness (QED) is 0.200. The van der Waals surface area contributed by atoms with Crippen molar-refractivity contribution in [1.29, 1.82) is 0 Å². The van der Waals surface area contributed by atoms with E-state index in [-0.39, 0.29) is 48.0 Å². The molecule has 1 unspecified atom stereocenters. The zero-order chi connectivity index (χ0) is 41.9. The van der Waals surface area contributed by atoms with E-state index in [1.807, 2.05) is 15.9 Å². The van der Waals surface area contributed by atoms with Gasteiger partial charge in [0.1, 0.15) is 17.6 Å². The summed E-state index contributed by atoms with van der Waals surface area (Å²) in [5.41, 5.74) is 7.51. The van der Waals surface area contributed by atoms with Gasteiger partial charge in [-0.1, -0.05) is 0 Å². The molecule has 5 aliphatic heterocycles. The predicted octanol–water partition coefficient (Wildman–Crippen LogP) is 1.16. The van der Waals surface area contributed by atoms with Crippen LogP contribution in [0.2, 0.25) is 0 Å². The number of urea groups is 1. The molecule has 6 amide bonds. The van der Waals surface area contributed by atoms with Gasteiger partial charge in [0.05, 0.1) is 23.6 Å². The van der Waals surface area contributed by atoms with Crippen molar-refractivity contribution in [2.24, 2.45) is 11.7 Å². The van der Waals surface area contributed by atoms with Crippen LogP contribution in [-0.2, 0) is 9.59 Å². The van der Waals surface area contributed by atoms with Crippen molar-refractivity contribution in [3.63, 3.8) is 0 Å². The number of nitrogens with zero attached hydrogens (tertiary/aromatic N) is 10. The Balaban J connectivity index is 0.805. The number of imide groups is 1. The second-order valence-corrected chi connectivity index (χ2v) is 16.2. The van der Waals surface area contributed by atoms with E-state index in [1.54, 1.807) is 36.3 Å². The normalized spacial score (nSPS) is 22.0. The molecule has 1 aromatic carbocycles. The fourth-order valence-electron chi connectivity index (χ4n) is 8.76. The van der Waals surface area contributed by atoms with Crippen LogP contribution in [0.25, 0.3) is 0 Å². The lowest BCUT2D eigenvalue weighted by Crippen LogP contribution is -2.52. The van der Waals surface area contributed by atoms with Gasteiger partial charge in [0, 0.05) is 91.1 Å². The van der Waals surface area contributed by atoms with Gasteiger partial charge in [-0.2, -0.15) is 4.98 Å². The lowest BCUT2D eigenvalue weighted by Gasteiger charge is -2.40. The maximum Gasteiger partial charge on any atom is 0.320 e. The summed E-state index contributed by atoms with van der Waals surface area (Å²) < 4.78 is 15.7. The van der Waals surface area contributed by atoms with Crippen LogP contribution in [0.1, 0.15) is 59.5 Å². The van der Waals surface area contributed by atoms with Crippen LogP contribution in [0.4, 0.5) is 38.0 Å². The van der Waals surface area contributed by atoms with E-state index in [0.29, 0.717) is 62.5 Å². The minimum atomic E-state index is -0.813.